The van der Waals surface area contributed by atoms with Crippen molar-refractivity contribution in [1.82, 2.24) is 14.7 Å². The van der Waals surface area contributed by atoms with Crippen LogP contribution in [0.25, 0.3) is 5.69 Å². The third-order valence-corrected chi connectivity index (χ3v) is 6.20. The summed E-state index contributed by atoms with van der Waals surface area (Å²) in [6.45, 7) is 5.56. The van der Waals surface area contributed by atoms with Gasteiger partial charge in [0, 0.05) is 24.8 Å². The van der Waals surface area contributed by atoms with Gasteiger partial charge in [-0.2, -0.15) is 18.3 Å². The van der Waals surface area contributed by atoms with Gasteiger partial charge < -0.3 is 18.6 Å². The Morgan fingerprint density at radius 2 is 1.76 bits per heavy atom. The number of nitrogens with zero attached hydrogens (tertiary/aromatic N) is 3. The van der Waals surface area contributed by atoms with E-state index in [1.807, 2.05) is 4.90 Å². The van der Waals surface area contributed by atoms with Crippen molar-refractivity contribution in [1.29, 1.82) is 0 Å². The minimum Gasteiger partial charge on any atom is -0.493 e. The Labute approximate surface area is 236 Å². The maximum Gasteiger partial charge on any atom is 0.435 e. The molecule has 0 aliphatic rings. The molecule has 0 fully saturated rings. The molecule has 0 bridgehead atoms. The van der Waals surface area contributed by atoms with E-state index in [0.717, 1.165) is 5.56 Å². The molecule has 0 unspecified atom stereocenters. The summed E-state index contributed by atoms with van der Waals surface area (Å²) in [5.41, 5.74) is -0.917. The lowest BCUT2D eigenvalue weighted by atomic mass is 10.1. The van der Waals surface area contributed by atoms with Gasteiger partial charge in [-0.3, -0.25) is 4.90 Å². The molecule has 41 heavy (non-hydrogen) atoms. The topological polar surface area (TPSA) is 79.0 Å². The van der Waals surface area contributed by atoms with Gasteiger partial charge in [0.15, 0.2) is 22.8 Å². The molecule has 0 aliphatic carbocycles. The van der Waals surface area contributed by atoms with Gasteiger partial charge in [-0.15, -0.1) is 0 Å². The molecule has 0 spiro atoms. The summed E-state index contributed by atoms with van der Waals surface area (Å²) in [4.78, 5) is 14.1. The number of hydrogen-bond acceptors (Lipinski definition) is 7. The monoisotopic (exact) mass is 571 g/mol. The molecule has 2 heterocycles. The van der Waals surface area contributed by atoms with Crippen LogP contribution in [0.15, 0.2) is 77.5 Å². The second-order valence-electron chi connectivity index (χ2n) is 9.82. The number of hydrogen-bond donors (Lipinski definition) is 0. The summed E-state index contributed by atoms with van der Waals surface area (Å²) < 4.78 is 65.4. The number of furan rings is 1. The van der Waals surface area contributed by atoms with Gasteiger partial charge in [0.05, 0.1) is 32.2 Å². The summed E-state index contributed by atoms with van der Waals surface area (Å²) >= 11 is 0. The van der Waals surface area contributed by atoms with Crippen molar-refractivity contribution in [2.45, 2.75) is 52.2 Å². The summed E-state index contributed by atoms with van der Waals surface area (Å²) in [5, 5.41) is 3.88. The SMILES string of the molecule is CCOC(=O)C(C)(C)Oc1ccc(CN(Cc2ccco2)Cc2cn(-c3ccccc3)nc2C(F)(F)F)cc1OC. The molecule has 0 atom stereocenters. The van der Waals surface area contributed by atoms with Gasteiger partial charge in [0.25, 0.3) is 0 Å². The number of alkyl halides is 3. The van der Waals surface area contributed by atoms with Gasteiger partial charge in [-0.25, -0.2) is 9.48 Å². The maximum absolute atomic E-state index is 14.0. The Morgan fingerprint density at radius 3 is 2.39 bits per heavy atom. The molecule has 0 amide bonds. The fraction of sp³-hybridized carbons (Fsp3) is 0.333. The van der Waals surface area contributed by atoms with Crippen molar-refractivity contribution in [3.63, 3.8) is 0 Å². The lowest BCUT2D eigenvalue weighted by molar-refractivity contribution is -0.158. The first-order valence-corrected chi connectivity index (χ1v) is 13.0. The van der Waals surface area contributed by atoms with Crippen LogP contribution in [0.2, 0.25) is 0 Å². The Balaban J connectivity index is 1.63. The summed E-state index contributed by atoms with van der Waals surface area (Å²) in [7, 11) is 1.47. The molecule has 0 N–H and O–H groups in total. The van der Waals surface area contributed by atoms with Crippen molar-refractivity contribution >= 4 is 5.97 Å². The molecule has 4 aromatic rings. The van der Waals surface area contributed by atoms with Crippen LogP contribution in [0.4, 0.5) is 13.2 Å². The summed E-state index contributed by atoms with van der Waals surface area (Å²) in [6, 6.07) is 17.3. The zero-order valence-corrected chi connectivity index (χ0v) is 23.3. The number of ether oxygens (including phenoxy) is 3. The van der Waals surface area contributed by atoms with Crippen LogP contribution >= 0.6 is 0 Å². The number of carbonyl (C=O) groups is 1. The highest BCUT2D eigenvalue weighted by molar-refractivity contribution is 5.79. The third-order valence-electron chi connectivity index (χ3n) is 6.20. The smallest absolute Gasteiger partial charge is 0.435 e. The van der Waals surface area contributed by atoms with Crippen LogP contribution in [-0.2, 0) is 35.3 Å². The van der Waals surface area contributed by atoms with E-state index >= 15 is 0 Å². The lowest BCUT2D eigenvalue weighted by Crippen LogP contribution is -2.39. The van der Waals surface area contributed by atoms with Crippen LogP contribution in [0, 0.1) is 0 Å². The van der Waals surface area contributed by atoms with Gasteiger partial charge in [0.2, 0.25) is 0 Å². The normalized spacial score (nSPS) is 12.0. The molecule has 2 aromatic carbocycles. The van der Waals surface area contributed by atoms with E-state index in [4.69, 9.17) is 18.6 Å². The van der Waals surface area contributed by atoms with E-state index in [1.165, 1.54) is 24.3 Å². The van der Waals surface area contributed by atoms with Gasteiger partial charge >= 0.3 is 12.1 Å². The van der Waals surface area contributed by atoms with Crippen molar-refractivity contribution in [2.75, 3.05) is 13.7 Å². The number of methoxy groups -OCH3 is 1. The van der Waals surface area contributed by atoms with Crippen LogP contribution in [-0.4, -0.2) is 40.0 Å². The first-order valence-electron chi connectivity index (χ1n) is 13.0. The Hall–Kier alpha value is -4.25. The van der Waals surface area contributed by atoms with Crippen molar-refractivity contribution in [3.8, 4) is 17.2 Å². The molecule has 2 aromatic heterocycles. The Bertz CT molecular complexity index is 1430. The van der Waals surface area contributed by atoms with E-state index in [9.17, 15) is 18.0 Å². The predicted octanol–water partition coefficient (Wildman–Crippen LogP) is 6.42. The molecule has 0 radical (unpaired) electrons. The molecule has 0 aliphatic heterocycles. The number of para-hydroxylation sites is 1. The molecule has 11 heteroatoms. The number of esters is 1. The quantitative estimate of drug-likeness (QED) is 0.182. The van der Waals surface area contributed by atoms with E-state index in [-0.39, 0.29) is 31.8 Å². The highest BCUT2D eigenvalue weighted by Gasteiger charge is 2.38. The highest BCUT2D eigenvalue weighted by Crippen LogP contribution is 2.34. The van der Waals surface area contributed by atoms with E-state index in [2.05, 4.69) is 5.10 Å². The first kappa shape index (κ1) is 29.7. The van der Waals surface area contributed by atoms with Gasteiger partial charge in [0.1, 0.15) is 5.76 Å². The maximum atomic E-state index is 14.0. The van der Waals surface area contributed by atoms with Crippen molar-refractivity contribution in [3.05, 3.63) is 95.7 Å². The minimum atomic E-state index is -4.64. The molecule has 0 saturated heterocycles. The second-order valence-corrected chi connectivity index (χ2v) is 9.82. The van der Waals surface area contributed by atoms with Crippen LogP contribution < -0.4 is 9.47 Å². The Kier molecular flexibility index (Phi) is 9.07. The largest absolute Gasteiger partial charge is 0.493 e. The number of aromatic nitrogens is 2. The fourth-order valence-corrected chi connectivity index (χ4v) is 4.28. The molecular formula is C30H32F3N3O5. The van der Waals surface area contributed by atoms with E-state index < -0.39 is 23.4 Å². The third kappa shape index (κ3) is 7.49. The summed E-state index contributed by atoms with van der Waals surface area (Å²) in [5.74, 6) is 0.769. The average molecular weight is 572 g/mol. The van der Waals surface area contributed by atoms with E-state index in [1.54, 1.807) is 81.4 Å². The average Bonchev–Trinajstić information content (AvgIpc) is 3.60. The number of rotatable bonds is 12. The Morgan fingerprint density at radius 1 is 1.00 bits per heavy atom. The lowest BCUT2D eigenvalue weighted by Gasteiger charge is -2.26. The first-order chi connectivity index (χ1) is 19.5. The second kappa shape index (κ2) is 12.5. The van der Waals surface area contributed by atoms with Crippen LogP contribution in [0.5, 0.6) is 11.5 Å². The van der Waals surface area contributed by atoms with Gasteiger partial charge in [-0.1, -0.05) is 24.3 Å². The van der Waals surface area contributed by atoms with Crippen molar-refractivity contribution < 1.29 is 36.6 Å². The molecule has 218 valence electrons. The number of benzene rings is 2. The van der Waals surface area contributed by atoms with Crippen molar-refractivity contribution in [2.24, 2.45) is 0 Å². The zero-order valence-electron chi connectivity index (χ0n) is 23.3. The molecule has 0 saturated carbocycles. The number of carbonyl (C=O) groups excluding carboxylic acids is 1. The van der Waals surface area contributed by atoms with Crippen LogP contribution in [0.3, 0.4) is 0 Å². The zero-order chi connectivity index (χ0) is 29.6. The highest BCUT2D eigenvalue weighted by atomic mass is 19.4. The molecule has 8 nitrogen and oxygen atoms in total. The van der Waals surface area contributed by atoms with Gasteiger partial charge in [-0.05, 0) is 62.7 Å². The number of halogens is 3. The minimum absolute atomic E-state index is 0.0241. The summed E-state index contributed by atoms with van der Waals surface area (Å²) in [6.07, 6.45) is -1.72. The molecule has 4 rings (SSSR count). The fourth-order valence-electron chi connectivity index (χ4n) is 4.28. The standard InChI is InChI=1S/C30H32F3N3O5/c1-5-39-28(37)29(2,3)41-25-14-13-21(16-26(25)38-4)17-35(20-24-12-9-15-40-24)18-22-19-36(23-10-7-6-8-11-23)34-27(22)30(31,32)33/h6-16,19H,5,17-18,20H2,1-4H3. The predicted molar refractivity (Wildman–Crippen MR) is 145 cm³/mol. The molecular weight excluding hydrogens is 539 g/mol. The van der Waals surface area contributed by atoms with Crippen LogP contribution in [0.1, 0.15) is 43.4 Å². The van der Waals surface area contributed by atoms with E-state index in [0.29, 0.717) is 22.9 Å².